The maximum atomic E-state index is 7.11. The van der Waals surface area contributed by atoms with Gasteiger partial charge in [0.1, 0.15) is 0 Å². The summed E-state index contributed by atoms with van der Waals surface area (Å²) < 4.78 is 0. The largest absolute Gasteiger partial charge is 0.243 e. The third kappa shape index (κ3) is 5.74. The first-order chi connectivity index (χ1) is 28.4. The minimum Gasteiger partial charge on any atom is -0.243 e. The number of hydrogen-bond donors (Lipinski definition) is 0. The molecular formula is C50H30Cl4N4. The molecule has 2 aliphatic heterocycles. The molecule has 8 aromatic carbocycles. The molecule has 8 heteroatoms. The molecule has 0 N–H and O–H groups in total. The topological polar surface area (TPSA) is 49.4 Å². The summed E-state index contributed by atoms with van der Waals surface area (Å²) in [7, 11) is 0. The zero-order valence-corrected chi connectivity index (χ0v) is 33.6. The fourth-order valence-corrected chi connectivity index (χ4v) is 9.16. The van der Waals surface area contributed by atoms with Crippen molar-refractivity contribution in [2.45, 2.75) is 11.3 Å². The SMILES string of the molecule is Clc1ccccc1C1=NC(c2cccc3ccccc23)(C2(c3cccc4ccccc34)N=C(c3ccccc3Cl)C(c3ccccc3Cl)=N2)N=C1c1ccccc1Cl. The second-order valence-corrected chi connectivity index (χ2v) is 15.8. The zero-order chi connectivity index (χ0) is 39.4. The monoisotopic (exact) mass is 826 g/mol. The minimum atomic E-state index is -1.61. The van der Waals surface area contributed by atoms with Gasteiger partial charge in [0.2, 0.25) is 11.3 Å². The van der Waals surface area contributed by atoms with Crippen LogP contribution in [0.2, 0.25) is 20.1 Å². The Kier molecular flexibility index (Phi) is 9.11. The molecule has 0 aromatic heterocycles. The Hall–Kier alpha value is -5.88. The molecule has 0 atom stereocenters. The predicted octanol–water partition coefficient (Wildman–Crippen LogP) is 13.6. The van der Waals surface area contributed by atoms with Crippen LogP contribution < -0.4 is 0 Å². The Balaban J connectivity index is 1.46. The van der Waals surface area contributed by atoms with E-state index in [1.165, 1.54) is 0 Å². The summed E-state index contributed by atoms with van der Waals surface area (Å²) in [6.07, 6.45) is 0. The Morgan fingerprint density at radius 1 is 0.276 bits per heavy atom. The number of benzene rings is 8. The van der Waals surface area contributed by atoms with E-state index in [-0.39, 0.29) is 0 Å². The van der Waals surface area contributed by atoms with Crippen LogP contribution in [0.3, 0.4) is 0 Å². The standard InChI is InChI=1S/C50H30Cl4N4/c51-41-27-9-5-21-35(41)45-46(36-22-6-10-28-42(36)52)56-49(55-45,39-25-13-17-31-15-1-3-19-33(31)39)50(40-26-14-18-32-16-2-4-20-34(32)40)57-47(37-23-7-11-29-43(37)53)48(58-50)38-24-8-12-30-44(38)54/h1-30H. The maximum Gasteiger partial charge on any atom is 0.227 e. The van der Waals surface area contributed by atoms with Gasteiger partial charge in [0, 0.05) is 33.4 Å². The summed E-state index contributed by atoms with van der Waals surface area (Å²) >= 11 is 28.4. The lowest BCUT2D eigenvalue weighted by Gasteiger charge is -2.39. The number of fused-ring (bicyclic) bond motifs is 2. The van der Waals surface area contributed by atoms with Crippen molar-refractivity contribution in [1.29, 1.82) is 0 Å². The molecule has 0 amide bonds. The molecule has 0 fully saturated rings. The van der Waals surface area contributed by atoms with Crippen LogP contribution in [0.25, 0.3) is 21.5 Å². The molecule has 0 saturated heterocycles. The molecule has 8 aromatic rings. The average molecular weight is 829 g/mol. The molecule has 0 bridgehead atoms. The molecular weight excluding hydrogens is 798 g/mol. The smallest absolute Gasteiger partial charge is 0.227 e. The molecule has 0 unspecified atom stereocenters. The molecule has 4 nitrogen and oxygen atoms in total. The average Bonchev–Trinajstić information content (AvgIpc) is 3.86. The van der Waals surface area contributed by atoms with Crippen LogP contribution in [-0.2, 0) is 11.3 Å². The molecule has 0 radical (unpaired) electrons. The van der Waals surface area contributed by atoms with Gasteiger partial charge in [-0.3, -0.25) is 0 Å². The van der Waals surface area contributed by atoms with Crippen LogP contribution in [0.5, 0.6) is 0 Å². The van der Waals surface area contributed by atoms with Gasteiger partial charge in [-0.25, -0.2) is 20.0 Å². The minimum absolute atomic E-state index is 0.515. The zero-order valence-electron chi connectivity index (χ0n) is 30.6. The van der Waals surface area contributed by atoms with Gasteiger partial charge in [0.25, 0.3) is 0 Å². The molecule has 0 saturated carbocycles. The number of rotatable bonds is 7. The van der Waals surface area contributed by atoms with Crippen molar-refractivity contribution in [1.82, 2.24) is 0 Å². The van der Waals surface area contributed by atoms with E-state index in [2.05, 4.69) is 48.5 Å². The highest BCUT2D eigenvalue weighted by atomic mass is 35.5. The van der Waals surface area contributed by atoms with Crippen LogP contribution in [0.15, 0.2) is 202 Å². The highest BCUT2D eigenvalue weighted by Gasteiger charge is 2.61. The lowest BCUT2D eigenvalue weighted by molar-refractivity contribution is 0.261. The third-order valence-corrected chi connectivity index (χ3v) is 12.2. The van der Waals surface area contributed by atoms with Crippen LogP contribution in [-0.4, -0.2) is 22.8 Å². The van der Waals surface area contributed by atoms with E-state index in [9.17, 15) is 0 Å². The quantitative estimate of drug-likeness (QED) is 0.154. The fraction of sp³-hybridized carbons (Fsp3) is 0.0400. The van der Waals surface area contributed by atoms with Gasteiger partial charge in [-0.2, -0.15) is 0 Å². The van der Waals surface area contributed by atoms with E-state index in [4.69, 9.17) is 66.4 Å². The number of aliphatic imine (C=N–C) groups is 4. The van der Waals surface area contributed by atoms with Gasteiger partial charge in [-0.15, -0.1) is 0 Å². The van der Waals surface area contributed by atoms with Crippen molar-refractivity contribution >= 4 is 90.8 Å². The normalized spacial score (nSPS) is 15.6. The van der Waals surface area contributed by atoms with Gasteiger partial charge >= 0.3 is 0 Å². The van der Waals surface area contributed by atoms with E-state index in [0.29, 0.717) is 65.2 Å². The molecule has 0 spiro atoms. The molecule has 2 heterocycles. The van der Waals surface area contributed by atoms with Crippen molar-refractivity contribution in [3.8, 4) is 0 Å². The van der Waals surface area contributed by atoms with Crippen molar-refractivity contribution < 1.29 is 0 Å². The van der Waals surface area contributed by atoms with Gasteiger partial charge in [0.15, 0.2) is 0 Å². The second kappa shape index (κ2) is 14.5. The first-order valence-electron chi connectivity index (χ1n) is 18.7. The van der Waals surface area contributed by atoms with E-state index in [0.717, 1.165) is 32.7 Å². The summed E-state index contributed by atoms with van der Waals surface area (Å²) in [6, 6.07) is 59.6. The van der Waals surface area contributed by atoms with E-state index < -0.39 is 11.3 Å². The Bertz CT molecular complexity index is 2750. The van der Waals surface area contributed by atoms with Gasteiger partial charge < -0.3 is 0 Å². The Morgan fingerprint density at radius 2 is 0.534 bits per heavy atom. The first kappa shape index (κ1) is 36.5. The van der Waals surface area contributed by atoms with E-state index >= 15 is 0 Å². The lowest BCUT2D eigenvalue weighted by atomic mass is 9.78. The van der Waals surface area contributed by atoms with Crippen LogP contribution >= 0.6 is 46.4 Å². The summed E-state index contributed by atoms with van der Waals surface area (Å²) in [5, 5.41) is 5.95. The Morgan fingerprint density at radius 3 is 0.845 bits per heavy atom. The molecule has 10 rings (SSSR count). The van der Waals surface area contributed by atoms with Crippen molar-refractivity contribution in [2.75, 3.05) is 0 Å². The van der Waals surface area contributed by atoms with Crippen molar-refractivity contribution in [3.05, 3.63) is 235 Å². The summed E-state index contributed by atoms with van der Waals surface area (Å²) in [4.78, 5) is 23.6. The fourth-order valence-electron chi connectivity index (χ4n) is 8.26. The molecule has 58 heavy (non-hydrogen) atoms. The molecule has 278 valence electrons. The van der Waals surface area contributed by atoms with Crippen LogP contribution in [0.4, 0.5) is 0 Å². The predicted molar refractivity (Wildman–Crippen MR) is 243 cm³/mol. The highest BCUT2D eigenvalue weighted by molar-refractivity contribution is 6.59. The maximum absolute atomic E-state index is 7.11. The Labute approximate surface area is 355 Å². The number of halogens is 4. The van der Waals surface area contributed by atoms with E-state index in [1.807, 2.05) is 133 Å². The summed E-state index contributed by atoms with van der Waals surface area (Å²) in [5.74, 6) is 0. The van der Waals surface area contributed by atoms with Gasteiger partial charge in [-0.1, -0.05) is 204 Å². The first-order valence-corrected chi connectivity index (χ1v) is 20.3. The lowest BCUT2D eigenvalue weighted by Crippen LogP contribution is -2.43. The van der Waals surface area contributed by atoms with Crippen LogP contribution in [0.1, 0.15) is 33.4 Å². The number of nitrogens with zero attached hydrogens (tertiary/aromatic N) is 4. The van der Waals surface area contributed by atoms with Crippen molar-refractivity contribution in [3.63, 3.8) is 0 Å². The third-order valence-electron chi connectivity index (χ3n) is 10.9. The van der Waals surface area contributed by atoms with Gasteiger partial charge in [0.05, 0.1) is 42.9 Å². The second-order valence-electron chi connectivity index (χ2n) is 14.2. The van der Waals surface area contributed by atoms with Crippen molar-refractivity contribution in [2.24, 2.45) is 20.0 Å². The number of hydrogen-bond acceptors (Lipinski definition) is 4. The van der Waals surface area contributed by atoms with Gasteiger partial charge in [-0.05, 0) is 45.8 Å². The highest BCUT2D eigenvalue weighted by Crippen LogP contribution is 2.57. The van der Waals surface area contributed by atoms with Crippen LogP contribution in [0, 0.1) is 0 Å². The van der Waals surface area contributed by atoms with E-state index in [1.54, 1.807) is 0 Å². The molecule has 2 aliphatic rings. The summed E-state index contributed by atoms with van der Waals surface area (Å²) in [5.41, 5.74) is 3.36. The summed E-state index contributed by atoms with van der Waals surface area (Å²) in [6.45, 7) is 0. The molecule has 0 aliphatic carbocycles.